The second kappa shape index (κ2) is 5.75. The molecule has 0 saturated carbocycles. The SMILES string of the molecule is Cc1cc(C)cc(Cc2noc(CC3CCCN3)n2)c1. The lowest BCUT2D eigenvalue weighted by atomic mass is 10.1. The maximum atomic E-state index is 5.36. The predicted molar refractivity (Wildman–Crippen MR) is 77.7 cm³/mol. The van der Waals surface area contributed by atoms with Gasteiger partial charge in [0, 0.05) is 18.9 Å². The number of nitrogens with zero attached hydrogens (tertiary/aromatic N) is 2. The van der Waals surface area contributed by atoms with Crippen molar-refractivity contribution in [3.63, 3.8) is 0 Å². The van der Waals surface area contributed by atoms with Gasteiger partial charge in [0.15, 0.2) is 5.82 Å². The molecule has 1 N–H and O–H groups in total. The first-order valence-corrected chi connectivity index (χ1v) is 7.31. The lowest BCUT2D eigenvalue weighted by Crippen LogP contribution is -2.23. The van der Waals surface area contributed by atoms with Gasteiger partial charge in [0.1, 0.15) is 0 Å². The van der Waals surface area contributed by atoms with E-state index in [1.807, 2.05) is 0 Å². The summed E-state index contributed by atoms with van der Waals surface area (Å²) in [6, 6.07) is 7.05. The minimum absolute atomic E-state index is 0.504. The van der Waals surface area contributed by atoms with E-state index in [4.69, 9.17) is 4.52 Å². The molecular weight excluding hydrogens is 250 g/mol. The predicted octanol–water partition coefficient (Wildman–Crippen LogP) is 2.57. The van der Waals surface area contributed by atoms with Crippen LogP contribution in [0.3, 0.4) is 0 Å². The summed E-state index contributed by atoms with van der Waals surface area (Å²) in [6.07, 6.45) is 4.03. The highest BCUT2D eigenvalue weighted by Gasteiger charge is 2.18. The monoisotopic (exact) mass is 271 g/mol. The van der Waals surface area contributed by atoms with Gasteiger partial charge in [0.2, 0.25) is 5.89 Å². The van der Waals surface area contributed by atoms with Crippen molar-refractivity contribution in [2.45, 2.75) is 45.6 Å². The fourth-order valence-electron chi connectivity index (χ4n) is 2.94. The number of aryl methyl sites for hydroxylation is 2. The first-order chi connectivity index (χ1) is 9.69. The van der Waals surface area contributed by atoms with Crippen LogP contribution in [0.5, 0.6) is 0 Å². The van der Waals surface area contributed by atoms with Crippen LogP contribution in [-0.2, 0) is 12.8 Å². The first kappa shape index (κ1) is 13.3. The van der Waals surface area contributed by atoms with Crippen LogP contribution in [0.1, 0.15) is 41.2 Å². The molecule has 1 fully saturated rings. The van der Waals surface area contributed by atoms with E-state index >= 15 is 0 Å². The van der Waals surface area contributed by atoms with E-state index in [2.05, 4.69) is 47.5 Å². The van der Waals surface area contributed by atoms with Gasteiger partial charge in [-0.1, -0.05) is 34.5 Å². The third kappa shape index (κ3) is 3.25. The van der Waals surface area contributed by atoms with Gasteiger partial charge >= 0.3 is 0 Å². The number of hydrogen-bond donors (Lipinski definition) is 1. The Kier molecular flexibility index (Phi) is 3.83. The lowest BCUT2D eigenvalue weighted by Gasteiger charge is -2.04. The number of rotatable bonds is 4. The second-order valence-electron chi connectivity index (χ2n) is 5.77. The Morgan fingerprint density at radius 2 is 2.05 bits per heavy atom. The zero-order chi connectivity index (χ0) is 13.9. The molecule has 1 atom stereocenters. The maximum absolute atomic E-state index is 5.36. The van der Waals surface area contributed by atoms with Crippen molar-refractivity contribution in [2.24, 2.45) is 0 Å². The number of aromatic nitrogens is 2. The fourth-order valence-corrected chi connectivity index (χ4v) is 2.94. The smallest absolute Gasteiger partial charge is 0.228 e. The van der Waals surface area contributed by atoms with Crippen LogP contribution in [-0.4, -0.2) is 22.7 Å². The van der Waals surface area contributed by atoms with Gasteiger partial charge < -0.3 is 9.84 Å². The van der Waals surface area contributed by atoms with Crippen molar-refractivity contribution in [3.8, 4) is 0 Å². The van der Waals surface area contributed by atoms with E-state index in [0.29, 0.717) is 6.04 Å². The molecule has 2 heterocycles. The molecule has 20 heavy (non-hydrogen) atoms. The van der Waals surface area contributed by atoms with E-state index in [0.717, 1.165) is 31.1 Å². The van der Waals surface area contributed by atoms with Crippen LogP contribution in [0.25, 0.3) is 0 Å². The molecular formula is C16H21N3O. The third-order valence-corrected chi connectivity index (χ3v) is 3.74. The third-order valence-electron chi connectivity index (χ3n) is 3.74. The minimum atomic E-state index is 0.504. The van der Waals surface area contributed by atoms with Crippen LogP contribution in [0.4, 0.5) is 0 Å². The van der Waals surface area contributed by atoms with Crippen LogP contribution in [0, 0.1) is 13.8 Å². The Morgan fingerprint density at radius 3 is 2.75 bits per heavy atom. The molecule has 3 rings (SSSR count). The number of hydrogen-bond acceptors (Lipinski definition) is 4. The highest BCUT2D eigenvalue weighted by molar-refractivity contribution is 5.30. The van der Waals surface area contributed by atoms with Crippen molar-refractivity contribution < 1.29 is 4.52 Å². The van der Waals surface area contributed by atoms with Crippen LogP contribution in [0.2, 0.25) is 0 Å². The number of nitrogens with one attached hydrogen (secondary N) is 1. The highest BCUT2D eigenvalue weighted by atomic mass is 16.5. The van der Waals surface area contributed by atoms with E-state index in [1.54, 1.807) is 0 Å². The molecule has 0 aliphatic carbocycles. The molecule has 1 aliphatic heterocycles. The zero-order valence-electron chi connectivity index (χ0n) is 12.1. The Balaban J connectivity index is 1.67. The van der Waals surface area contributed by atoms with Gasteiger partial charge in [0.25, 0.3) is 0 Å². The van der Waals surface area contributed by atoms with Gasteiger partial charge in [-0.15, -0.1) is 0 Å². The molecule has 1 unspecified atom stereocenters. The Labute approximate surface area is 119 Å². The van der Waals surface area contributed by atoms with Gasteiger partial charge in [0.05, 0.1) is 0 Å². The zero-order valence-corrected chi connectivity index (χ0v) is 12.1. The fraction of sp³-hybridized carbons (Fsp3) is 0.500. The summed E-state index contributed by atoms with van der Waals surface area (Å²) in [4.78, 5) is 4.51. The molecule has 106 valence electrons. The molecule has 0 spiro atoms. The lowest BCUT2D eigenvalue weighted by molar-refractivity contribution is 0.360. The van der Waals surface area contributed by atoms with E-state index in [-0.39, 0.29) is 0 Å². The molecule has 0 radical (unpaired) electrons. The average Bonchev–Trinajstić information content (AvgIpc) is 3.01. The Hall–Kier alpha value is -1.68. The molecule has 1 aromatic carbocycles. The van der Waals surface area contributed by atoms with Gasteiger partial charge in [-0.3, -0.25) is 0 Å². The first-order valence-electron chi connectivity index (χ1n) is 7.31. The maximum Gasteiger partial charge on any atom is 0.228 e. The number of benzene rings is 1. The highest BCUT2D eigenvalue weighted by Crippen LogP contribution is 2.14. The summed E-state index contributed by atoms with van der Waals surface area (Å²) >= 11 is 0. The summed E-state index contributed by atoms with van der Waals surface area (Å²) in [6.45, 7) is 5.34. The molecule has 4 nitrogen and oxygen atoms in total. The Morgan fingerprint density at radius 1 is 1.25 bits per heavy atom. The molecule has 0 amide bonds. The van der Waals surface area contributed by atoms with Crippen molar-refractivity contribution in [1.29, 1.82) is 0 Å². The minimum Gasteiger partial charge on any atom is -0.339 e. The van der Waals surface area contributed by atoms with Gasteiger partial charge in [-0.05, 0) is 38.8 Å². The van der Waals surface area contributed by atoms with E-state index in [9.17, 15) is 0 Å². The largest absolute Gasteiger partial charge is 0.339 e. The van der Waals surface area contributed by atoms with Crippen molar-refractivity contribution in [2.75, 3.05) is 6.54 Å². The van der Waals surface area contributed by atoms with Crippen molar-refractivity contribution in [1.82, 2.24) is 15.5 Å². The summed E-state index contributed by atoms with van der Waals surface area (Å²) in [5, 5.41) is 7.55. The van der Waals surface area contributed by atoms with E-state index in [1.165, 1.54) is 29.5 Å². The van der Waals surface area contributed by atoms with Crippen molar-refractivity contribution >= 4 is 0 Å². The quantitative estimate of drug-likeness (QED) is 0.928. The average molecular weight is 271 g/mol. The molecule has 2 aromatic rings. The van der Waals surface area contributed by atoms with Gasteiger partial charge in [-0.2, -0.15) is 4.98 Å². The van der Waals surface area contributed by atoms with Crippen molar-refractivity contribution in [3.05, 3.63) is 46.6 Å². The molecule has 1 aliphatic rings. The van der Waals surface area contributed by atoms with Crippen LogP contribution < -0.4 is 5.32 Å². The normalized spacial score (nSPS) is 18.6. The summed E-state index contributed by atoms with van der Waals surface area (Å²) in [5.74, 6) is 1.53. The molecule has 0 bridgehead atoms. The molecule has 4 heteroatoms. The summed E-state index contributed by atoms with van der Waals surface area (Å²) < 4.78 is 5.36. The summed E-state index contributed by atoms with van der Waals surface area (Å²) in [7, 11) is 0. The van der Waals surface area contributed by atoms with Gasteiger partial charge in [-0.25, -0.2) is 0 Å². The standard InChI is InChI=1S/C16H21N3O/c1-11-6-12(2)8-13(7-11)9-15-18-16(20-19-15)10-14-4-3-5-17-14/h6-8,14,17H,3-5,9-10H2,1-2H3. The molecule has 1 saturated heterocycles. The topological polar surface area (TPSA) is 51.0 Å². The summed E-state index contributed by atoms with van der Waals surface area (Å²) in [5.41, 5.74) is 3.80. The van der Waals surface area contributed by atoms with E-state index < -0.39 is 0 Å². The van der Waals surface area contributed by atoms with Crippen LogP contribution >= 0.6 is 0 Å². The molecule has 1 aromatic heterocycles. The Bertz CT molecular complexity index is 565. The second-order valence-corrected chi connectivity index (χ2v) is 5.77. The van der Waals surface area contributed by atoms with Crippen LogP contribution in [0.15, 0.2) is 22.7 Å².